The van der Waals surface area contributed by atoms with Crippen molar-refractivity contribution in [1.29, 1.82) is 0 Å². The number of hydrogen-bond donors (Lipinski definition) is 1. The molecule has 7 nitrogen and oxygen atoms in total. The third kappa shape index (κ3) is 4.45. The average Bonchev–Trinajstić information content (AvgIpc) is 3.02. The molecule has 0 saturated heterocycles. The maximum Gasteiger partial charge on any atom is 0.255 e. The minimum absolute atomic E-state index is 0.155. The Morgan fingerprint density at radius 2 is 1.74 bits per heavy atom. The van der Waals surface area contributed by atoms with E-state index in [1.165, 1.54) is 6.33 Å². The molecule has 0 spiro atoms. The first-order valence-electron chi connectivity index (χ1n) is 9.92. The molecule has 2 aromatic carbocycles. The zero-order chi connectivity index (χ0) is 22.0. The highest BCUT2D eigenvalue weighted by molar-refractivity contribution is 6.04. The van der Waals surface area contributed by atoms with Gasteiger partial charge in [0.1, 0.15) is 12.1 Å². The summed E-state index contributed by atoms with van der Waals surface area (Å²) in [5.41, 5.74) is 5.45. The molecular weight excluding hydrogens is 390 g/mol. The second-order valence-corrected chi connectivity index (χ2v) is 7.37. The van der Waals surface area contributed by atoms with Crippen molar-refractivity contribution in [3.05, 3.63) is 89.0 Å². The van der Waals surface area contributed by atoms with E-state index in [4.69, 9.17) is 4.74 Å². The summed E-state index contributed by atoms with van der Waals surface area (Å²) < 4.78 is 7.65. The Morgan fingerprint density at radius 3 is 2.42 bits per heavy atom. The number of rotatable bonds is 5. The molecule has 2 heterocycles. The summed E-state index contributed by atoms with van der Waals surface area (Å²) in [6.45, 7) is 7.96. The van der Waals surface area contributed by atoms with Gasteiger partial charge in [0.15, 0.2) is 5.82 Å². The summed E-state index contributed by atoms with van der Waals surface area (Å²) in [4.78, 5) is 20.9. The van der Waals surface area contributed by atoms with E-state index in [9.17, 15) is 4.79 Å². The zero-order valence-corrected chi connectivity index (χ0v) is 17.9. The Hall–Kier alpha value is -4.00. The van der Waals surface area contributed by atoms with Crippen LogP contribution in [0.1, 0.15) is 32.9 Å². The van der Waals surface area contributed by atoms with E-state index in [1.54, 1.807) is 41.1 Å². The quantitative estimate of drug-likeness (QED) is 0.501. The van der Waals surface area contributed by atoms with E-state index in [2.05, 4.69) is 20.4 Å². The van der Waals surface area contributed by atoms with Crippen LogP contribution in [-0.4, -0.2) is 25.7 Å². The van der Waals surface area contributed by atoms with Crippen molar-refractivity contribution in [1.82, 2.24) is 19.7 Å². The van der Waals surface area contributed by atoms with E-state index in [-0.39, 0.29) is 5.91 Å². The number of carbonyl (C=O) groups excluding carboxylic acids is 1. The topological polar surface area (TPSA) is 81.9 Å². The number of hydrogen-bond acceptors (Lipinski definition) is 5. The number of aromatic nitrogens is 4. The molecule has 0 atom stereocenters. The normalized spacial score (nSPS) is 10.7. The van der Waals surface area contributed by atoms with Crippen LogP contribution in [0.5, 0.6) is 11.6 Å². The molecule has 0 aliphatic carbocycles. The van der Waals surface area contributed by atoms with Gasteiger partial charge in [-0.1, -0.05) is 17.7 Å². The Kier molecular flexibility index (Phi) is 5.49. The lowest BCUT2D eigenvalue weighted by atomic mass is 10.1. The highest BCUT2D eigenvalue weighted by atomic mass is 16.5. The lowest BCUT2D eigenvalue weighted by Crippen LogP contribution is -2.11. The molecule has 0 unspecified atom stereocenters. The van der Waals surface area contributed by atoms with Gasteiger partial charge >= 0.3 is 0 Å². The van der Waals surface area contributed by atoms with Crippen molar-refractivity contribution in [2.24, 2.45) is 0 Å². The smallest absolute Gasteiger partial charge is 0.255 e. The van der Waals surface area contributed by atoms with Crippen LogP contribution in [0, 0.1) is 27.7 Å². The molecule has 0 radical (unpaired) electrons. The summed E-state index contributed by atoms with van der Waals surface area (Å²) in [6, 6.07) is 16.3. The molecule has 0 saturated carbocycles. The Labute approximate surface area is 180 Å². The molecule has 0 aliphatic rings. The van der Waals surface area contributed by atoms with Gasteiger partial charge in [-0.15, -0.1) is 0 Å². The highest BCUT2D eigenvalue weighted by Crippen LogP contribution is 2.24. The van der Waals surface area contributed by atoms with Gasteiger partial charge < -0.3 is 10.1 Å². The Bertz CT molecular complexity index is 1250. The van der Waals surface area contributed by atoms with Crippen LogP contribution in [0.25, 0.3) is 5.82 Å². The summed E-state index contributed by atoms with van der Waals surface area (Å²) >= 11 is 0. The minimum Gasteiger partial charge on any atom is -0.439 e. The van der Waals surface area contributed by atoms with Gasteiger partial charge in [-0.2, -0.15) is 5.10 Å². The van der Waals surface area contributed by atoms with Crippen molar-refractivity contribution in [3.63, 3.8) is 0 Å². The van der Waals surface area contributed by atoms with Crippen molar-refractivity contribution in [3.8, 4) is 17.4 Å². The van der Waals surface area contributed by atoms with Gasteiger partial charge in [0.05, 0.1) is 5.69 Å². The van der Waals surface area contributed by atoms with Crippen molar-refractivity contribution in [2.75, 3.05) is 5.32 Å². The molecule has 1 amide bonds. The zero-order valence-electron chi connectivity index (χ0n) is 17.9. The lowest BCUT2D eigenvalue weighted by molar-refractivity contribution is 0.102. The first kappa shape index (κ1) is 20.3. The standard InChI is InChI=1S/C24H23N5O2/c1-15-6-5-7-19(12-15)24(30)27-20-8-10-21(11-9-20)31-23-13-22(25-14-26-23)29-18(4)16(2)17(3)28-29/h5-14H,1-4H3,(H,27,30). The second-order valence-electron chi connectivity index (χ2n) is 7.37. The molecule has 0 fully saturated rings. The SMILES string of the molecule is Cc1cccc(C(=O)Nc2ccc(Oc3cc(-n4nc(C)c(C)c4C)ncn3)cc2)c1. The van der Waals surface area contributed by atoms with Gasteiger partial charge in [0, 0.05) is 23.0 Å². The molecular formula is C24H23N5O2. The van der Waals surface area contributed by atoms with Crippen LogP contribution < -0.4 is 10.1 Å². The van der Waals surface area contributed by atoms with Crippen LogP contribution >= 0.6 is 0 Å². The van der Waals surface area contributed by atoms with Crippen LogP contribution in [0.3, 0.4) is 0 Å². The summed E-state index contributed by atoms with van der Waals surface area (Å²) in [5, 5.41) is 7.42. The summed E-state index contributed by atoms with van der Waals surface area (Å²) in [5.74, 6) is 1.49. The van der Waals surface area contributed by atoms with Gasteiger partial charge in [-0.3, -0.25) is 4.79 Å². The van der Waals surface area contributed by atoms with Crippen molar-refractivity contribution < 1.29 is 9.53 Å². The molecule has 0 aliphatic heterocycles. The van der Waals surface area contributed by atoms with Crippen LogP contribution in [-0.2, 0) is 0 Å². The van der Waals surface area contributed by atoms with E-state index in [0.29, 0.717) is 28.7 Å². The number of amides is 1. The van der Waals surface area contributed by atoms with E-state index in [1.807, 2.05) is 45.9 Å². The molecule has 7 heteroatoms. The fourth-order valence-corrected chi connectivity index (χ4v) is 3.16. The van der Waals surface area contributed by atoms with E-state index in [0.717, 1.165) is 22.5 Å². The predicted molar refractivity (Wildman–Crippen MR) is 119 cm³/mol. The fourth-order valence-electron chi connectivity index (χ4n) is 3.16. The van der Waals surface area contributed by atoms with Crippen molar-refractivity contribution in [2.45, 2.75) is 27.7 Å². The van der Waals surface area contributed by atoms with E-state index >= 15 is 0 Å². The Morgan fingerprint density at radius 1 is 0.968 bits per heavy atom. The van der Waals surface area contributed by atoms with Gasteiger partial charge in [-0.25, -0.2) is 14.6 Å². The molecule has 1 N–H and O–H groups in total. The van der Waals surface area contributed by atoms with E-state index < -0.39 is 0 Å². The molecule has 4 rings (SSSR count). The number of benzene rings is 2. The maximum absolute atomic E-state index is 12.4. The number of nitrogens with zero attached hydrogens (tertiary/aromatic N) is 4. The van der Waals surface area contributed by atoms with Crippen molar-refractivity contribution >= 4 is 11.6 Å². The maximum atomic E-state index is 12.4. The predicted octanol–water partition coefficient (Wildman–Crippen LogP) is 4.94. The number of aryl methyl sites for hydroxylation is 2. The molecule has 31 heavy (non-hydrogen) atoms. The third-order valence-corrected chi connectivity index (χ3v) is 5.11. The third-order valence-electron chi connectivity index (χ3n) is 5.11. The largest absolute Gasteiger partial charge is 0.439 e. The Balaban J connectivity index is 1.47. The number of carbonyl (C=O) groups is 1. The highest BCUT2D eigenvalue weighted by Gasteiger charge is 2.12. The summed E-state index contributed by atoms with van der Waals surface area (Å²) in [6.07, 6.45) is 1.45. The van der Waals surface area contributed by atoms with Crippen LogP contribution in [0.4, 0.5) is 5.69 Å². The summed E-state index contributed by atoms with van der Waals surface area (Å²) in [7, 11) is 0. The first-order valence-corrected chi connectivity index (χ1v) is 9.92. The lowest BCUT2D eigenvalue weighted by Gasteiger charge is -2.09. The fraction of sp³-hybridized carbons (Fsp3) is 0.167. The van der Waals surface area contributed by atoms with Crippen LogP contribution in [0.15, 0.2) is 60.9 Å². The minimum atomic E-state index is -0.155. The molecule has 156 valence electrons. The monoisotopic (exact) mass is 413 g/mol. The molecule has 4 aromatic rings. The number of nitrogens with one attached hydrogen (secondary N) is 1. The molecule has 0 bridgehead atoms. The number of ether oxygens (including phenoxy) is 1. The first-order chi connectivity index (χ1) is 14.9. The van der Waals surface area contributed by atoms with Gasteiger partial charge in [0.2, 0.25) is 5.88 Å². The number of anilines is 1. The van der Waals surface area contributed by atoms with Gasteiger partial charge in [-0.05, 0) is 69.7 Å². The van der Waals surface area contributed by atoms with Crippen LogP contribution in [0.2, 0.25) is 0 Å². The van der Waals surface area contributed by atoms with Gasteiger partial charge in [0.25, 0.3) is 5.91 Å². The second kappa shape index (κ2) is 8.39. The average molecular weight is 413 g/mol. The molecule has 2 aromatic heterocycles.